The van der Waals surface area contributed by atoms with Crippen LogP contribution in [0.3, 0.4) is 0 Å². The largest absolute Gasteiger partial charge is 0.517 e. The molecule has 8 heteroatoms. The van der Waals surface area contributed by atoms with Gasteiger partial charge < -0.3 is 4.90 Å². The van der Waals surface area contributed by atoms with Gasteiger partial charge >= 0.3 is 112 Å². The van der Waals surface area contributed by atoms with E-state index in [2.05, 4.69) is 107 Å². The number of aryl methyl sites for hydroxylation is 2. The zero-order chi connectivity index (χ0) is 32.9. The van der Waals surface area contributed by atoms with Gasteiger partial charge in [-0.1, -0.05) is 87.0 Å². The molecule has 1 atom stereocenters. The van der Waals surface area contributed by atoms with E-state index >= 15 is 0 Å². The first-order chi connectivity index (χ1) is 21.3. The molecular weight excluding hydrogens is 692 g/mol. The standard InChI is InChI=1S/C27H32N.C10H11NO3.2ClH.Ru/c1-6-20-13-10-14-21(7-2)25(20)28-19-27(5,18-26(28,3)4)24-16-15-22-11-8-9-12-23(22)17-24;1-7(2)14-10-5-4-9(11(12)13)6-8(10)3;;;/h8-17,19H,6-7,18H2,1-5H3;3-7H,1-2H3;2*1H;/q-1;;;;+2/p-2. The number of para-hydroxylation sites is 1. The van der Waals surface area contributed by atoms with Crippen molar-refractivity contribution in [2.24, 2.45) is 0 Å². The minimum Gasteiger partial charge on any atom is -0.517 e. The molecule has 1 aliphatic heterocycles. The minimum atomic E-state index is -2.05. The van der Waals surface area contributed by atoms with Gasteiger partial charge in [0, 0.05) is 11.2 Å². The maximum Gasteiger partial charge on any atom is 0.0140 e. The summed E-state index contributed by atoms with van der Waals surface area (Å²) in [6.07, 6.45) is 3.22. The van der Waals surface area contributed by atoms with Gasteiger partial charge in [-0.05, 0) is 55.0 Å². The molecule has 0 aliphatic carbocycles. The summed E-state index contributed by atoms with van der Waals surface area (Å²) >= 11 is -2.05. The second-order valence-electron chi connectivity index (χ2n) is 12.6. The Morgan fingerprint density at radius 2 is 1.60 bits per heavy atom. The predicted octanol–water partition coefficient (Wildman–Crippen LogP) is 10.5. The summed E-state index contributed by atoms with van der Waals surface area (Å²) in [5.41, 5.74) is 6.43. The number of benzene rings is 4. The zero-order valence-electron chi connectivity index (χ0n) is 27.1. The molecule has 0 bridgehead atoms. The molecule has 0 radical (unpaired) electrons. The number of nitro benzene ring substituents is 1. The Labute approximate surface area is 281 Å². The van der Waals surface area contributed by atoms with Crippen molar-refractivity contribution < 1.29 is 23.2 Å². The summed E-state index contributed by atoms with van der Waals surface area (Å²) in [5.74, 6) is 0.561. The van der Waals surface area contributed by atoms with E-state index in [9.17, 15) is 10.1 Å². The van der Waals surface area contributed by atoms with Gasteiger partial charge in [0.25, 0.3) is 0 Å². The molecule has 1 unspecified atom stereocenters. The summed E-state index contributed by atoms with van der Waals surface area (Å²) < 4.78 is 7.17. The third-order valence-corrected chi connectivity index (χ3v) is 10.1. The van der Waals surface area contributed by atoms with Crippen molar-refractivity contribution >= 4 is 46.1 Å². The number of hydrogen-bond acceptors (Lipinski definition) is 4. The first-order valence-electron chi connectivity index (χ1n) is 15.3. The number of ether oxygens (including phenoxy) is 1. The van der Waals surface area contributed by atoms with Crippen molar-refractivity contribution in [1.29, 1.82) is 0 Å². The normalized spacial score (nSPS) is 17.6. The van der Waals surface area contributed by atoms with Crippen molar-refractivity contribution in [3.8, 4) is 5.75 Å². The molecule has 0 N–H and O–H groups in total. The summed E-state index contributed by atoms with van der Waals surface area (Å²) in [4.78, 5) is 12.8. The van der Waals surface area contributed by atoms with Crippen LogP contribution in [-0.4, -0.2) is 21.2 Å². The Hall–Kier alpha value is -2.79. The molecule has 1 saturated heterocycles. The van der Waals surface area contributed by atoms with E-state index in [1.165, 1.54) is 45.3 Å². The van der Waals surface area contributed by atoms with Gasteiger partial charge in [0.05, 0.1) is 0 Å². The third kappa shape index (κ3) is 8.33. The van der Waals surface area contributed by atoms with Gasteiger partial charge in [-0.15, -0.1) is 5.41 Å². The number of hydrogen-bond donors (Lipinski definition) is 0. The second kappa shape index (κ2) is 14.8. The maximum absolute atomic E-state index is 10.7. The fourth-order valence-corrected chi connectivity index (χ4v) is 8.06. The fourth-order valence-electron chi connectivity index (χ4n) is 6.28. The number of non-ortho nitro benzene ring substituents is 1. The number of anilines is 1. The molecule has 0 amide bonds. The summed E-state index contributed by atoms with van der Waals surface area (Å²) in [5, 5.41) is 13.3. The van der Waals surface area contributed by atoms with Gasteiger partial charge in [-0.25, -0.2) is 6.54 Å². The van der Waals surface area contributed by atoms with Crippen LogP contribution in [0.15, 0.2) is 78.9 Å². The number of rotatable bonds is 8. The maximum atomic E-state index is 10.7. The average Bonchev–Trinajstić information content (AvgIpc) is 3.25. The summed E-state index contributed by atoms with van der Waals surface area (Å²) in [7, 11) is 11.6. The molecule has 0 aromatic heterocycles. The molecule has 1 aliphatic rings. The predicted molar refractivity (Wildman–Crippen MR) is 188 cm³/mol. The van der Waals surface area contributed by atoms with E-state index in [0.29, 0.717) is 11.3 Å². The van der Waals surface area contributed by atoms with Crippen LogP contribution in [0.4, 0.5) is 11.4 Å². The number of fused-ring (bicyclic) bond motifs is 1. The van der Waals surface area contributed by atoms with Crippen LogP contribution in [0.5, 0.6) is 5.75 Å². The van der Waals surface area contributed by atoms with E-state index in [1.807, 2.05) is 13.8 Å². The smallest absolute Gasteiger partial charge is 0.0140 e. The van der Waals surface area contributed by atoms with Crippen LogP contribution in [0.25, 0.3) is 10.8 Å². The molecule has 0 spiro atoms. The molecule has 1 heterocycles. The average molecular weight is 736 g/mol. The first-order valence-corrected chi connectivity index (χ1v) is 20.8. The Morgan fingerprint density at radius 3 is 2.18 bits per heavy atom. The van der Waals surface area contributed by atoms with Gasteiger partial charge in [0.15, 0.2) is 0 Å². The number of halogens is 2. The van der Waals surface area contributed by atoms with E-state index in [1.54, 1.807) is 10.7 Å². The van der Waals surface area contributed by atoms with E-state index < -0.39 is 18.4 Å². The molecule has 45 heavy (non-hydrogen) atoms. The van der Waals surface area contributed by atoms with Crippen LogP contribution in [0.2, 0.25) is 0 Å². The molecule has 0 saturated carbocycles. The van der Waals surface area contributed by atoms with Gasteiger partial charge in [-0.2, -0.15) is 0 Å². The number of nitro groups is 1. The Bertz CT molecular complexity index is 1680. The number of nitrogens with zero attached hydrogens (tertiary/aromatic N) is 2. The van der Waals surface area contributed by atoms with Crippen molar-refractivity contribution in [3.63, 3.8) is 0 Å². The van der Waals surface area contributed by atoms with Gasteiger partial charge in [-0.3, -0.25) is 0 Å². The van der Waals surface area contributed by atoms with E-state index in [-0.39, 0.29) is 22.7 Å². The van der Waals surface area contributed by atoms with E-state index in [0.717, 1.165) is 19.3 Å². The van der Waals surface area contributed by atoms with Crippen molar-refractivity contribution in [1.82, 2.24) is 0 Å². The van der Waals surface area contributed by atoms with E-state index in [4.69, 9.17) is 24.1 Å². The van der Waals surface area contributed by atoms with Crippen molar-refractivity contribution in [2.45, 2.75) is 84.8 Å². The van der Waals surface area contributed by atoms with Crippen LogP contribution >= 0.6 is 19.4 Å². The monoisotopic (exact) mass is 735 g/mol. The van der Waals surface area contributed by atoms with Crippen LogP contribution in [-0.2, 0) is 31.8 Å². The van der Waals surface area contributed by atoms with Gasteiger partial charge in [0.2, 0.25) is 0 Å². The van der Waals surface area contributed by atoms with Crippen LogP contribution < -0.4 is 9.64 Å². The molecule has 4 aromatic carbocycles. The first kappa shape index (κ1) is 35.1. The Morgan fingerprint density at radius 1 is 0.956 bits per heavy atom. The third-order valence-electron chi connectivity index (χ3n) is 8.23. The zero-order valence-corrected chi connectivity index (χ0v) is 30.3. The Kier molecular flexibility index (Phi) is 11.5. The molecule has 242 valence electrons. The van der Waals surface area contributed by atoms with Crippen LogP contribution in [0, 0.1) is 16.7 Å². The van der Waals surface area contributed by atoms with Crippen molar-refractivity contribution in [2.75, 3.05) is 4.90 Å². The molecular formula is C37H43Cl2N2O3Ru-. The quantitative estimate of drug-likeness (QED) is 0.0783. The minimum absolute atomic E-state index is 0.00360. The molecule has 1 fully saturated rings. The Balaban J connectivity index is 0.000000233. The molecule has 5 rings (SSSR count). The SMILES string of the molecule is CC(C)Oc1ccc([N+](=O)[O-])cc1[CH]=[Ru]([Cl])[Cl].CCc1cccc(CC)c1N1[CH-]C(C)(c2ccc3ccccc3c2)CC1(C)C. The topological polar surface area (TPSA) is 55.6 Å². The fraction of sp³-hybridized carbons (Fsp3) is 0.351. The summed E-state index contributed by atoms with van der Waals surface area (Å²) in [6, 6.07) is 26.8. The van der Waals surface area contributed by atoms with Crippen LogP contribution in [0.1, 0.15) is 77.1 Å². The van der Waals surface area contributed by atoms with Crippen molar-refractivity contribution in [3.05, 3.63) is 118 Å². The summed E-state index contributed by atoms with van der Waals surface area (Å²) in [6.45, 7) is 18.0. The molecule has 4 aromatic rings. The van der Waals surface area contributed by atoms with Gasteiger partial charge in [0.1, 0.15) is 0 Å². The second-order valence-corrected chi connectivity index (χ2v) is 18.3. The molecule has 5 nitrogen and oxygen atoms in total.